The van der Waals surface area contributed by atoms with Crippen molar-refractivity contribution in [2.45, 2.75) is 56.5 Å². The van der Waals surface area contributed by atoms with Crippen molar-refractivity contribution in [3.8, 4) is 0 Å². The van der Waals surface area contributed by atoms with Crippen LogP contribution in [0.5, 0.6) is 0 Å². The molecular weight excluding hydrogens is 360 g/mol. The molecule has 2 amide bonds. The SMILES string of the molecule is CN(C(=O)[C@H]1c2ccccc2C(=O)N2CCc3ccccc3[C@H]12)C1CCCCC1. The van der Waals surface area contributed by atoms with Crippen molar-refractivity contribution in [2.24, 2.45) is 0 Å². The quantitative estimate of drug-likeness (QED) is 0.769. The van der Waals surface area contributed by atoms with Gasteiger partial charge in [-0.25, -0.2) is 0 Å². The predicted molar refractivity (Wildman–Crippen MR) is 113 cm³/mol. The third-order valence-corrected chi connectivity index (χ3v) is 7.17. The van der Waals surface area contributed by atoms with Gasteiger partial charge in [0.2, 0.25) is 5.91 Å². The van der Waals surface area contributed by atoms with Crippen LogP contribution >= 0.6 is 0 Å². The largest absolute Gasteiger partial charge is 0.342 e. The highest BCUT2D eigenvalue weighted by molar-refractivity contribution is 6.01. The number of carbonyl (C=O) groups is 2. The number of hydrogen-bond donors (Lipinski definition) is 0. The molecule has 1 fully saturated rings. The summed E-state index contributed by atoms with van der Waals surface area (Å²) in [7, 11) is 1.97. The number of hydrogen-bond acceptors (Lipinski definition) is 2. The Morgan fingerprint density at radius 3 is 2.45 bits per heavy atom. The molecule has 2 heterocycles. The van der Waals surface area contributed by atoms with Crippen LogP contribution < -0.4 is 0 Å². The molecule has 0 aromatic heterocycles. The highest BCUT2D eigenvalue weighted by Crippen LogP contribution is 2.46. The van der Waals surface area contributed by atoms with E-state index in [-0.39, 0.29) is 23.8 Å². The Morgan fingerprint density at radius 1 is 0.966 bits per heavy atom. The van der Waals surface area contributed by atoms with E-state index in [0.29, 0.717) is 18.2 Å². The average Bonchev–Trinajstić information content (AvgIpc) is 2.79. The maximum absolute atomic E-state index is 13.9. The van der Waals surface area contributed by atoms with Crippen molar-refractivity contribution in [3.05, 3.63) is 70.8 Å². The third-order valence-electron chi connectivity index (χ3n) is 7.17. The minimum Gasteiger partial charge on any atom is -0.342 e. The lowest BCUT2D eigenvalue weighted by atomic mass is 9.75. The standard InChI is InChI=1S/C25H28N2O2/c1-26(18-10-3-2-4-11-18)25(29)22-20-13-7-8-14-21(20)24(28)27-16-15-17-9-5-6-12-19(17)23(22)27/h5-9,12-14,18,22-23H,2-4,10-11,15-16H2,1H3/t22-,23+/m0/s1. The lowest BCUT2D eigenvalue weighted by Crippen LogP contribution is -2.51. The van der Waals surface area contributed by atoms with Gasteiger partial charge in [0.1, 0.15) is 0 Å². The molecule has 4 nitrogen and oxygen atoms in total. The second-order valence-electron chi connectivity index (χ2n) is 8.70. The third kappa shape index (κ3) is 2.97. The second-order valence-corrected chi connectivity index (χ2v) is 8.70. The van der Waals surface area contributed by atoms with Crippen molar-refractivity contribution >= 4 is 11.8 Å². The number of likely N-dealkylation sites (N-methyl/N-ethyl adjacent to an activating group) is 1. The molecule has 0 radical (unpaired) electrons. The first-order valence-corrected chi connectivity index (χ1v) is 10.9. The van der Waals surface area contributed by atoms with Crippen LogP contribution in [0.4, 0.5) is 0 Å². The summed E-state index contributed by atoms with van der Waals surface area (Å²) < 4.78 is 0. The molecule has 5 rings (SSSR count). The van der Waals surface area contributed by atoms with E-state index in [9.17, 15) is 9.59 Å². The van der Waals surface area contributed by atoms with Gasteiger partial charge in [-0.05, 0) is 42.0 Å². The lowest BCUT2D eigenvalue weighted by Gasteiger charge is -2.46. The van der Waals surface area contributed by atoms with E-state index >= 15 is 0 Å². The molecule has 2 aliphatic heterocycles. The number of benzene rings is 2. The molecule has 1 saturated carbocycles. The molecule has 2 aromatic carbocycles. The van der Waals surface area contributed by atoms with Crippen molar-refractivity contribution < 1.29 is 9.59 Å². The Morgan fingerprint density at radius 2 is 1.66 bits per heavy atom. The number of rotatable bonds is 2. The van der Waals surface area contributed by atoms with E-state index < -0.39 is 0 Å². The van der Waals surface area contributed by atoms with Crippen molar-refractivity contribution in [3.63, 3.8) is 0 Å². The van der Waals surface area contributed by atoms with Gasteiger partial charge in [-0.3, -0.25) is 9.59 Å². The first-order valence-electron chi connectivity index (χ1n) is 10.9. The van der Waals surface area contributed by atoms with Crippen LogP contribution in [0.2, 0.25) is 0 Å². The van der Waals surface area contributed by atoms with E-state index in [1.54, 1.807) is 0 Å². The van der Waals surface area contributed by atoms with Crippen LogP contribution in [0.15, 0.2) is 48.5 Å². The first kappa shape index (κ1) is 18.4. The molecule has 0 saturated heterocycles. The molecule has 0 N–H and O–H groups in total. The maximum Gasteiger partial charge on any atom is 0.254 e. The summed E-state index contributed by atoms with van der Waals surface area (Å²) in [5, 5.41) is 0. The molecule has 2 aromatic rings. The second kappa shape index (κ2) is 7.33. The highest BCUT2D eigenvalue weighted by Gasteiger charge is 2.47. The Labute approximate surface area is 172 Å². The number of carbonyl (C=O) groups excluding carboxylic acids is 2. The summed E-state index contributed by atoms with van der Waals surface area (Å²) in [6.07, 6.45) is 6.67. The molecule has 0 unspecified atom stereocenters. The average molecular weight is 389 g/mol. The smallest absolute Gasteiger partial charge is 0.254 e. The summed E-state index contributed by atoms with van der Waals surface area (Å²) in [5.41, 5.74) is 3.98. The predicted octanol–water partition coefficient (Wildman–Crippen LogP) is 4.31. The van der Waals surface area contributed by atoms with Gasteiger partial charge in [0.05, 0.1) is 12.0 Å². The molecule has 0 bridgehead atoms. The topological polar surface area (TPSA) is 40.6 Å². The summed E-state index contributed by atoms with van der Waals surface area (Å²) in [4.78, 5) is 31.2. The molecule has 4 heteroatoms. The van der Waals surface area contributed by atoms with E-state index in [2.05, 4.69) is 18.2 Å². The van der Waals surface area contributed by atoms with E-state index in [1.165, 1.54) is 24.8 Å². The summed E-state index contributed by atoms with van der Waals surface area (Å²) in [6.45, 7) is 0.672. The van der Waals surface area contributed by atoms with E-state index in [1.807, 2.05) is 47.2 Å². The maximum atomic E-state index is 13.9. The van der Waals surface area contributed by atoms with Crippen LogP contribution in [0.3, 0.4) is 0 Å². The zero-order valence-electron chi connectivity index (χ0n) is 17.0. The minimum atomic E-state index is -0.336. The number of nitrogens with zero attached hydrogens (tertiary/aromatic N) is 2. The zero-order chi connectivity index (χ0) is 20.0. The van der Waals surface area contributed by atoms with Gasteiger partial charge in [-0.1, -0.05) is 61.7 Å². The van der Waals surface area contributed by atoms with Crippen LogP contribution in [0.25, 0.3) is 0 Å². The molecule has 150 valence electrons. The monoisotopic (exact) mass is 388 g/mol. The Hall–Kier alpha value is -2.62. The van der Waals surface area contributed by atoms with Gasteiger partial charge in [0, 0.05) is 25.2 Å². The van der Waals surface area contributed by atoms with Crippen LogP contribution in [0.1, 0.15) is 71.1 Å². The summed E-state index contributed by atoms with van der Waals surface area (Å²) in [6, 6.07) is 16.2. The normalized spacial score (nSPS) is 23.8. The van der Waals surface area contributed by atoms with Crippen molar-refractivity contribution in [1.82, 2.24) is 9.80 Å². The van der Waals surface area contributed by atoms with Crippen LogP contribution in [-0.4, -0.2) is 41.2 Å². The molecule has 1 aliphatic carbocycles. The highest BCUT2D eigenvalue weighted by atomic mass is 16.2. The van der Waals surface area contributed by atoms with Gasteiger partial charge in [0.25, 0.3) is 5.91 Å². The van der Waals surface area contributed by atoms with Crippen molar-refractivity contribution in [2.75, 3.05) is 13.6 Å². The summed E-state index contributed by atoms with van der Waals surface area (Å²) in [5.74, 6) is -0.120. The summed E-state index contributed by atoms with van der Waals surface area (Å²) >= 11 is 0. The Balaban J connectivity index is 1.61. The molecule has 2 atom stereocenters. The molecular formula is C25H28N2O2. The molecule has 3 aliphatic rings. The van der Waals surface area contributed by atoms with E-state index in [4.69, 9.17) is 0 Å². The van der Waals surface area contributed by atoms with Gasteiger partial charge in [0.15, 0.2) is 0 Å². The minimum absolute atomic E-state index is 0.0597. The fourth-order valence-electron chi connectivity index (χ4n) is 5.61. The van der Waals surface area contributed by atoms with Crippen molar-refractivity contribution in [1.29, 1.82) is 0 Å². The first-order chi connectivity index (χ1) is 14.2. The van der Waals surface area contributed by atoms with Gasteiger partial charge in [-0.2, -0.15) is 0 Å². The molecule has 29 heavy (non-hydrogen) atoms. The van der Waals surface area contributed by atoms with Crippen LogP contribution in [0, 0.1) is 0 Å². The number of amides is 2. The van der Waals surface area contributed by atoms with Gasteiger partial charge >= 0.3 is 0 Å². The number of fused-ring (bicyclic) bond motifs is 4. The van der Waals surface area contributed by atoms with Crippen LogP contribution in [-0.2, 0) is 11.2 Å². The Bertz CT molecular complexity index is 947. The fourth-order valence-corrected chi connectivity index (χ4v) is 5.61. The zero-order valence-corrected chi connectivity index (χ0v) is 17.0. The Kier molecular flexibility index (Phi) is 4.65. The van der Waals surface area contributed by atoms with Gasteiger partial charge in [-0.15, -0.1) is 0 Å². The lowest BCUT2D eigenvalue weighted by molar-refractivity contribution is -0.136. The molecule has 0 spiro atoms. The van der Waals surface area contributed by atoms with E-state index in [0.717, 1.165) is 30.4 Å². The van der Waals surface area contributed by atoms with Gasteiger partial charge < -0.3 is 9.80 Å². The fraction of sp³-hybridized carbons (Fsp3) is 0.440.